The van der Waals surface area contributed by atoms with Crippen molar-refractivity contribution in [2.45, 2.75) is 37.9 Å². The summed E-state index contributed by atoms with van der Waals surface area (Å²) in [6.07, 6.45) is 0.927. The second-order valence-electron chi connectivity index (χ2n) is 4.90. The molecule has 0 saturated heterocycles. The van der Waals surface area contributed by atoms with Gasteiger partial charge in [0.05, 0.1) is 6.61 Å². The zero-order valence-corrected chi connectivity index (χ0v) is 9.22. The molecule has 0 aliphatic heterocycles. The van der Waals surface area contributed by atoms with E-state index in [2.05, 4.69) is 10.1 Å². The van der Waals surface area contributed by atoms with E-state index in [0.717, 1.165) is 11.8 Å². The third kappa shape index (κ3) is 3.35. The van der Waals surface area contributed by atoms with Crippen molar-refractivity contribution in [3.8, 4) is 0 Å². The van der Waals surface area contributed by atoms with Crippen LogP contribution in [0.25, 0.3) is 0 Å². The van der Waals surface area contributed by atoms with E-state index in [1.54, 1.807) is 0 Å². The minimum absolute atomic E-state index is 0.146. The summed E-state index contributed by atoms with van der Waals surface area (Å²) < 4.78 is 39.8. The van der Waals surface area contributed by atoms with Gasteiger partial charge >= 0.3 is 6.18 Å². The first-order valence-electron chi connectivity index (χ1n) is 5.92. The Morgan fingerprint density at radius 1 is 1.19 bits per heavy atom. The second-order valence-corrected chi connectivity index (χ2v) is 4.90. The molecule has 2 saturated carbocycles. The fourth-order valence-electron chi connectivity index (χ4n) is 3.00. The highest BCUT2D eigenvalue weighted by Gasteiger charge is 2.38. The molecule has 94 valence electrons. The smallest absolute Gasteiger partial charge is 0.371 e. The summed E-state index contributed by atoms with van der Waals surface area (Å²) in [6, 6.07) is 0.522. The van der Waals surface area contributed by atoms with Gasteiger partial charge in [-0.1, -0.05) is 6.42 Å². The maximum Gasteiger partial charge on any atom is 0.411 e. The molecule has 1 N–H and O–H groups in total. The number of hydrogen-bond donors (Lipinski definition) is 1. The third-order valence-electron chi connectivity index (χ3n) is 3.66. The number of rotatable bonds is 5. The Bertz CT molecular complexity index is 232. The molecule has 0 heterocycles. The molecule has 2 aliphatic carbocycles. The maximum absolute atomic E-state index is 11.8. The van der Waals surface area contributed by atoms with Gasteiger partial charge in [0.25, 0.3) is 0 Å². The molecule has 0 aromatic rings. The SMILES string of the molecule is FC(F)(F)COCCNC1CC2CCC1C2. The predicted octanol–water partition coefficient (Wildman–Crippen LogP) is 2.34. The van der Waals surface area contributed by atoms with Crippen molar-refractivity contribution < 1.29 is 17.9 Å². The van der Waals surface area contributed by atoms with Crippen LogP contribution < -0.4 is 5.32 Å². The van der Waals surface area contributed by atoms with Crippen LogP contribution in [0, 0.1) is 11.8 Å². The number of ether oxygens (including phenoxy) is 1. The Balaban J connectivity index is 1.52. The van der Waals surface area contributed by atoms with Gasteiger partial charge in [-0.15, -0.1) is 0 Å². The van der Waals surface area contributed by atoms with Crippen LogP contribution in [0.4, 0.5) is 13.2 Å². The van der Waals surface area contributed by atoms with Crippen molar-refractivity contribution in [2.24, 2.45) is 11.8 Å². The fraction of sp³-hybridized carbons (Fsp3) is 1.00. The largest absolute Gasteiger partial charge is 0.411 e. The highest BCUT2D eigenvalue weighted by molar-refractivity contribution is 4.93. The summed E-state index contributed by atoms with van der Waals surface area (Å²) in [5, 5.41) is 3.31. The molecule has 2 nitrogen and oxygen atoms in total. The van der Waals surface area contributed by atoms with Gasteiger partial charge in [-0.3, -0.25) is 0 Å². The molecule has 2 aliphatic rings. The first kappa shape index (κ1) is 12.2. The summed E-state index contributed by atoms with van der Waals surface area (Å²) in [5.41, 5.74) is 0. The van der Waals surface area contributed by atoms with Crippen LogP contribution in [-0.4, -0.2) is 32.0 Å². The Morgan fingerprint density at radius 3 is 2.56 bits per heavy atom. The van der Waals surface area contributed by atoms with E-state index in [1.165, 1.54) is 25.7 Å². The summed E-state index contributed by atoms with van der Waals surface area (Å²) in [7, 11) is 0. The highest BCUT2D eigenvalue weighted by atomic mass is 19.4. The lowest BCUT2D eigenvalue weighted by Gasteiger charge is -2.22. The van der Waals surface area contributed by atoms with Crippen molar-refractivity contribution in [1.82, 2.24) is 5.32 Å². The molecular weight excluding hydrogens is 219 g/mol. The van der Waals surface area contributed by atoms with E-state index in [4.69, 9.17) is 0 Å². The van der Waals surface area contributed by atoms with Gasteiger partial charge in [-0.25, -0.2) is 0 Å². The van der Waals surface area contributed by atoms with Crippen molar-refractivity contribution in [1.29, 1.82) is 0 Å². The minimum atomic E-state index is -4.20. The zero-order chi connectivity index (χ0) is 11.6. The molecule has 0 radical (unpaired) electrons. The molecule has 0 amide bonds. The van der Waals surface area contributed by atoms with E-state index in [1.807, 2.05) is 0 Å². The standard InChI is InChI=1S/C11H18F3NO/c12-11(13,14)7-16-4-3-15-10-6-8-1-2-9(10)5-8/h8-10,15H,1-7H2. The van der Waals surface area contributed by atoms with E-state index >= 15 is 0 Å². The summed E-state index contributed by atoms with van der Waals surface area (Å²) in [6.45, 7) is -0.456. The van der Waals surface area contributed by atoms with Crippen LogP contribution in [0.3, 0.4) is 0 Å². The molecule has 0 aromatic heterocycles. The van der Waals surface area contributed by atoms with E-state index in [0.29, 0.717) is 12.6 Å². The van der Waals surface area contributed by atoms with E-state index in [-0.39, 0.29) is 6.61 Å². The Labute approximate surface area is 93.5 Å². The van der Waals surface area contributed by atoms with E-state index < -0.39 is 12.8 Å². The lowest BCUT2D eigenvalue weighted by Crippen LogP contribution is -2.36. The Morgan fingerprint density at radius 2 is 2.00 bits per heavy atom. The van der Waals surface area contributed by atoms with Gasteiger partial charge in [0, 0.05) is 12.6 Å². The van der Waals surface area contributed by atoms with Crippen LogP contribution in [0.1, 0.15) is 25.7 Å². The van der Waals surface area contributed by atoms with Crippen LogP contribution >= 0.6 is 0 Å². The van der Waals surface area contributed by atoms with Crippen LogP contribution in [0.5, 0.6) is 0 Å². The fourth-order valence-corrected chi connectivity index (χ4v) is 3.00. The molecule has 2 rings (SSSR count). The molecule has 2 fully saturated rings. The molecule has 3 atom stereocenters. The normalized spacial score (nSPS) is 33.6. The summed E-state index contributed by atoms with van der Waals surface area (Å²) >= 11 is 0. The van der Waals surface area contributed by atoms with Gasteiger partial charge < -0.3 is 10.1 Å². The average molecular weight is 237 g/mol. The Hall–Kier alpha value is -0.290. The highest BCUT2D eigenvalue weighted by Crippen LogP contribution is 2.44. The molecule has 2 bridgehead atoms. The molecule has 5 heteroatoms. The van der Waals surface area contributed by atoms with E-state index in [9.17, 15) is 13.2 Å². The van der Waals surface area contributed by atoms with Crippen LogP contribution in [-0.2, 0) is 4.74 Å². The number of nitrogens with one attached hydrogen (secondary N) is 1. The number of halogens is 3. The molecular formula is C11H18F3NO. The van der Waals surface area contributed by atoms with Crippen molar-refractivity contribution in [2.75, 3.05) is 19.8 Å². The van der Waals surface area contributed by atoms with Crippen molar-refractivity contribution in [3.63, 3.8) is 0 Å². The number of alkyl halides is 3. The summed E-state index contributed by atoms with van der Waals surface area (Å²) in [4.78, 5) is 0. The number of fused-ring (bicyclic) bond motifs is 2. The zero-order valence-electron chi connectivity index (χ0n) is 9.22. The quantitative estimate of drug-likeness (QED) is 0.741. The first-order valence-corrected chi connectivity index (χ1v) is 5.92. The molecule has 0 aromatic carbocycles. The van der Waals surface area contributed by atoms with Crippen molar-refractivity contribution in [3.05, 3.63) is 0 Å². The Kier molecular flexibility index (Phi) is 3.74. The number of hydrogen-bond acceptors (Lipinski definition) is 2. The van der Waals surface area contributed by atoms with Crippen LogP contribution in [0.15, 0.2) is 0 Å². The van der Waals surface area contributed by atoms with Gasteiger partial charge in [0.2, 0.25) is 0 Å². The molecule has 16 heavy (non-hydrogen) atoms. The average Bonchev–Trinajstić information content (AvgIpc) is 2.76. The molecule has 3 unspecified atom stereocenters. The lowest BCUT2D eigenvalue weighted by molar-refractivity contribution is -0.173. The summed E-state index contributed by atoms with van der Waals surface area (Å²) in [5.74, 6) is 1.62. The third-order valence-corrected chi connectivity index (χ3v) is 3.66. The minimum Gasteiger partial charge on any atom is -0.371 e. The topological polar surface area (TPSA) is 21.3 Å². The van der Waals surface area contributed by atoms with Gasteiger partial charge in [-0.05, 0) is 31.1 Å². The monoisotopic (exact) mass is 237 g/mol. The maximum atomic E-state index is 11.8. The lowest BCUT2D eigenvalue weighted by atomic mass is 9.95. The van der Waals surface area contributed by atoms with Gasteiger partial charge in [0.1, 0.15) is 6.61 Å². The van der Waals surface area contributed by atoms with Gasteiger partial charge in [-0.2, -0.15) is 13.2 Å². The van der Waals surface area contributed by atoms with Crippen molar-refractivity contribution >= 4 is 0 Å². The van der Waals surface area contributed by atoms with Crippen LogP contribution in [0.2, 0.25) is 0 Å². The first-order chi connectivity index (χ1) is 7.54. The second kappa shape index (κ2) is 4.92. The molecule has 0 spiro atoms. The predicted molar refractivity (Wildman–Crippen MR) is 54.1 cm³/mol. The van der Waals surface area contributed by atoms with Gasteiger partial charge in [0.15, 0.2) is 0 Å².